The maximum atomic E-state index is 13.5. The summed E-state index contributed by atoms with van der Waals surface area (Å²) in [6.07, 6.45) is 4.69. The molecule has 0 fully saturated rings. The van der Waals surface area contributed by atoms with Gasteiger partial charge in [0.1, 0.15) is 23.2 Å². The van der Waals surface area contributed by atoms with Crippen molar-refractivity contribution < 1.29 is 19.0 Å². The molecule has 3 aromatic rings. The van der Waals surface area contributed by atoms with Crippen molar-refractivity contribution in [2.45, 2.75) is 37.6 Å². The number of carboxylic acid groups (broad SMARTS) is 1. The van der Waals surface area contributed by atoms with E-state index in [1.165, 1.54) is 47.9 Å². The fraction of sp³-hybridized carbons (Fsp3) is 0.333. The molecular formula is C24H23FN2O3S. The molecule has 0 saturated heterocycles. The number of aliphatic carboxylic acids is 1. The van der Waals surface area contributed by atoms with Crippen LogP contribution in [0.3, 0.4) is 0 Å². The molecule has 1 unspecified atom stereocenters. The number of carboxylic acids is 1. The van der Waals surface area contributed by atoms with Crippen LogP contribution in [0, 0.1) is 5.82 Å². The summed E-state index contributed by atoms with van der Waals surface area (Å²) < 4.78 is 19.6. The number of hydrogen-bond donors (Lipinski definition) is 2. The van der Waals surface area contributed by atoms with Gasteiger partial charge in [-0.3, -0.25) is 4.99 Å². The van der Waals surface area contributed by atoms with Crippen LogP contribution in [0.1, 0.15) is 29.7 Å². The maximum absolute atomic E-state index is 13.5. The lowest BCUT2D eigenvalue weighted by Gasteiger charge is -2.19. The van der Waals surface area contributed by atoms with Crippen molar-refractivity contribution in [2.75, 3.05) is 12.4 Å². The molecule has 5 rings (SSSR count). The van der Waals surface area contributed by atoms with E-state index >= 15 is 0 Å². The van der Waals surface area contributed by atoms with Gasteiger partial charge in [-0.25, -0.2) is 9.18 Å². The first-order valence-electron chi connectivity index (χ1n) is 10.5. The maximum Gasteiger partial charge on any atom is 0.332 e. The fourth-order valence-electron chi connectivity index (χ4n) is 4.45. The standard InChI is InChI=1S/C24H23FN2O3S/c25-17-9-8-16-10-18(26-20(16)11-17)12-24(23(28)29)14-31-22(27-24)13-30-21-7-3-5-15-4-1-2-6-19(15)21/h3,5,7-11,26H,1-2,4,6,12-14H2,(H,28,29). The van der Waals surface area contributed by atoms with E-state index in [-0.39, 0.29) is 18.8 Å². The fourth-order valence-corrected chi connectivity index (χ4v) is 5.52. The second kappa shape index (κ2) is 8.04. The van der Waals surface area contributed by atoms with Crippen LogP contribution < -0.4 is 4.74 Å². The van der Waals surface area contributed by atoms with E-state index in [9.17, 15) is 14.3 Å². The average Bonchev–Trinajstić information content (AvgIpc) is 3.36. The van der Waals surface area contributed by atoms with E-state index in [1.807, 2.05) is 18.2 Å². The highest BCUT2D eigenvalue weighted by Crippen LogP contribution is 2.34. The Labute approximate surface area is 183 Å². The average molecular weight is 439 g/mol. The largest absolute Gasteiger partial charge is 0.486 e. The third kappa shape index (κ3) is 3.94. The molecule has 2 aromatic carbocycles. The van der Waals surface area contributed by atoms with Crippen LogP contribution in [0.2, 0.25) is 0 Å². The van der Waals surface area contributed by atoms with Crippen LogP contribution in [0.15, 0.2) is 47.5 Å². The van der Waals surface area contributed by atoms with Crippen molar-refractivity contribution in [3.63, 3.8) is 0 Å². The number of fused-ring (bicyclic) bond motifs is 2. The van der Waals surface area contributed by atoms with E-state index in [2.05, 4.69) is 16.0 Å². The zero-order valence-corrected chi connectivity index (χ0v) is 17.8. The van der Waals surface area contributed by atoms with Crippen molar-refractivity contribution in [1.82, 2.24) is 4.98 Å². The lowest BCUT2D eigenvalue weighted by molar-refractivity contribution is -0.142. The minimum atomic E-state index is -1.25. The molecule has 7 heteroatoms. The Balaban J connectivity index is 1.34. The summed E-state index contributed by atoms with van der Waals surface area (Å²) in [5.74, 6) is -0.0637. The number of aryl methyl sites for hydroxylation is 1. The summed E-state index contributed by atoms with van der Waals surface area (Å²) in [5.41, 5.74) is 2.75. The highest BCUT2D eigenvalue weighted by Gasteiger charge is 2.43. The number of ether oxygens (including phenoxy) is 1. The molecule has 2 aliphatic rings. The van der Waals surface area contributed by atoms with E-state index in [0.29, 0.717) is 16.3 Å². The molecule has 160 valence electrons. The van der Waals surface area contributed by atoms with Gasteiger partial charge in [-0.1, -0.05) is 12.1 Å². The first kappa shape index (κ1) is 20.1. The molecule has 0 bridgehead atoms. The number of nitrogens with one attached hydrogen (secondary N) is 1. The van der Waals surface area contributed by atoms with Crippen LogP contribution in [0.25, 0.3) is 10.9 Å². The van der Waals surface area contributed by atoms with Crippen LogP contribution in [-0.2, 0) is 24.1 Å². The van der Waals surface area contributed by atoms with E-state index in [1.54, 1.807) is 6.07 Å². The predicted octanol–water partition coefficient (Wildman–Crippen LogP) is 4.78. The quantitative estimate of drug-likeness (QED) is 0.581. The van der Waals surface area contributed by atoms with E-state index in [0.717, 1.165) is 29.7 Å². The second-order valence-corrected chi connectivity index (χ2v) is 9.27. The Morgan fingerprint density at radius 2 is 2.10 bits per heavy atom. The first-order valence-corrected chi connectivity index (χ1v) is 11.5. The minimum Gasteiger partial charge on any atom is -0.486 e. The molecule has 1 aromatic heterocycles. The summed E-state index contributed by atoms with van der Waals surface area (Å²) in [6.45, 7) is 0.272. The molecule has 0 radical (unpaired) electrons. The normalized spacial score (nSPS) is 20.5. The number of aliphatic imine (C=N–C) groups is 1. The Hall–Kier alpha value is -2.80. The third-order valence-corrected chi connectivity index (χ3v) is 7.21. The summed E-state index contributed by atoms with van der Waals surface area (Å²) in [6, 6.07) is 12.5. The molecule has 1 aliphatic heterocycles. The predicted molar refractivity (Wildman–Crippen MR) is 121 cm³/mol. The number of aromatic nitrogens is 1. The summed E-state index contributed by atoms with van der Waals surface area (Å²) in [4.78, 5) is 19.9. The minimum absolute atomic E-state index is 0.218. The van der Waals surface area contributed by atoms with Gasteiger partial charge in [0, 0.05) is 23.4 Å². The highest BCUT2D eigenvalue weighted by molar-refractivity contribution is 8.14. The second-order valence-electron chi connectivity index (χ2n) is 8.22. The monoisotopic (exact) mass is 438 g/mol. The SMILES string of the molecule is O=C(O)C1(Cc2cc3ccc(F)cc3[nH]2)CSC(COc2cccc3c2CCCC3)=N1. The number of halogens is 1. The molecule has 2 heterocycles. The van der Waals surface area contributed by atoms with Gasteiger partial charge < -0.3 is 14.8 Å². The highest BCUT2D eigenvalue weighted by atomic mass is 32.2. The molecule has 2 N–H and O–H groups in total. The number of carbonyl (C=O) groups is 1. The number of hydrogen-bond acceptors (Lipinski definition) is 4. The molecular weight excluding hydrogens is 415 g/mol. The van der Waals surface area contributed by atoms with Gasteiger partial charge in [0.15, 0.2) is 5.54 Å². The van der Waals surface area contributed by atoms with Crippen molar-refractivity contribution in [3.8, 4) is 5.75 Å². The van der Waals surface area contributed by atoms with E-state index < -0.39 is 11.5 Å². The lowest BCUT2D eigenvalue weighted by Crippen LogP contribution is -2.39. The Kier molecular flexibility index (Phi) is 5.22. The van der Waals surface area contributed by atoms with Gasteiger partial charge in [0.2, 0.25) is 0 Å². The summed E-state index contributed by atoms with van der Waals surface area (Å²) in [7, 11) is 0. The molecule has 0 spiro atoms. The number of nitrogens with zero attached hydrogens (tertiary/aromatic N) is 1. The van der Waals surface area contributed by atoms with E-state index in [4.69, 9.17) is 4.74 Å². The summed E-state index contributed by atoms with van der Waals surface area (Å²) in [5, 5.41) is 11.5. The van der Waals surface area contributed by atoms with Gasteiger partial charge in [0.05, 0.1) is 0 Å². The Morgan fingerprint density at radius 3 is 2.97 bits per heavy atom. The lowest BCUT2D eigenvalue weighted by atomic mass is 9.91. The molecule has 1 atom stereocenters. The number of benzene rings is 2. The number of thioether (sulfide) groups is 1. The topological polar surface area (TPSA) is 74.7 Å². The zero-order valence-electron chi connectivity index (χ0n) is 17.0. The van der Waals surface area contributed by atoms with Gasteiger partial charge in [-0.15, -0.1) is 11.8 Å². The van der Waals surface area contributed by atoms with Crippen molar-refractivity contribution in [3.05, 3.63) is 65.1 Å². The van der Waals surface area contributed by atoms with Crippen molar-refractivity contribution >= 4 is 33.7 Å². The van der Waals surface area contributed by atoms with Crippen molar-refractivity contribution in [2.24, 2.45) is 4.99 Å². The smallest absolute Gasteiger partial charge is 0.332 e. The van der Waals surface area contributed by atoms with Gasteiger partial charge in [-0.05, 0) is 72.5 Å². The molecule has 1 aliphatic carbocycles. The van der Waals surface area contributed by atoms with Gasteiger partial charge in [0.25, 0.3) is 0 Å². The summed E-state index contributed by atoms with van der Waals surface area (Å²) >= 11 is 1.43. The van der Waals surface area contributed by atoms with Gasteiger partial charge >= 0.3 is 5.97 Å². The zero-order chi connectivity index (χ0) is 21.4. The molecule has 5 nitrogen and oxygen atoms in total. The molecule has 0 amide bonds. The molecule has 0 saturated carbocycles. The molecule has 31 heavy (non-hydrogen) atoms. The number of rotatable bonds is 6. The van der Waals surface area contributed by atoms with Crippen LogP contribution in [0.4, 0.5) is 4.39 Å². The Bertz CT molecular complexity index is 1190. The van der Waals surface area contributed by atoms with Gasteiger partial charge in [-0.2, -0.15) is 0 Å². The number of aromatic amines is 1. The number of H-pyrrole nitrogens is 1. The van der Waals surface area contributed by atoms with Crippen LogP contribution in [-0.4, -0.2) is 39.0 Å². The van der Waals surface area contributed by atoms with Crippen LogP contribution in [0.5, 0.6) is 5.75 Å². The van der Waals surface area contributed by atoms with Crippen molar-refractivity contribution in [1.29, 1.82) is 0 Å². The van der Waals surface area contributed by atoms with Crippen LogP contribution >= 0.6 is 11.8 Å². The first-order chi connectivity index (χ1) is 15.0. The third-order valence-electron chi connectivity index (χ3n) is 6.04. The Morgan fingerprint density at radius 1 is 1.23 bits per heavy atom.